The summed E-state index contributed by atoms with van der Waals surface area (Å²) in [6.45, 7) is 7.67. The Labute approximate surface area is 175 Å². The predicted molar refractivity (Wildman–Crippen MR) is 116 cm³/mol. The highest BCUT2D eigenvalue weighted by Gasteiger charge is 2.17. The van der Waals surface area contributed by atoms with Gasteiger partial charge in [0.2, 0.25) is 0 Å². The van der Waals surface area contributed by atoms with Crippen LogP contribution in [0.1, 0.15) is 98.3 Å². The Balaban J connectivity index is 4.23. The van der Waals surface area contributed by atoms with Gasteiger partial charge in [0.25, 0.3) is 11.8 Å². The average Bonchev–Trinajstić information content (AvgIpc) is 2.66. The fourth-order valence-electron chi connectivity index (χ4n) is 3.02. The first-order valence-electron chi connectivity index (χ1n) is 11.1. The van der Waals surface area contributed by atoms with Gasteiger partial charge in [-0.2, -0.15) is 0 Å². The molecule has 0 aromatic heterocycles. The van der Waals surface area contributed by atoms with Crippen LogP contribution in [0.5, 0.6) is 0 Å². The maximum atomic E-state index is 13.8. The lowest BCUT2D eigenvalue weighted by Crippen LogP contribution is -2.40. The van der Waals surface area contributed by atoms with E-state index in [-0.39, 0.29) is 12.1 Å². The van der Waals surface area contributed by atoms with Crippen LogP contribution < -0.4 is 10.6 Å². The first-order chi connectivity index (χ1) is 13.8. The van der Waals surface area contributed by atoms with Gasteiger partial charge in [0.05, 0.1) is 0 Å². The predicted octanol–water partition coefficient (Wildman–Crippen LogP) is 6.03. The van der Waals surface area contributed by atoms with Gasteiger partial charge in [-0.05, 0) is 58.1 Å². The Kier molecular flexibility index (Phi) is 16.1. The molecule has 2 unspecified atom stereocenters. The molecule has 0 bridgehead atoms. The highest BCUT2D eigenvalue weighted by molar-refractivity contribution is 5.91. The van der Waals surface area contributed by atoms with Crippen molar-refractivity contribution in [1.29, 1.82) is 0 Å². The summed E-state index contributed by atoms with van der Waals surface area (Å²) >= 11 is 0. The number of hydrogen-bond donors (Lipinski definition) is 2. The van der Waals surface area contributed by atoms with Gasteiger partial charge in [-0.1, -0.05) is 52.4 Å². The van der Waals surface area contributed by atoms with Crippen LogP contribution in [-0.2, 0) is 9.59 Å². The van der Waals surface area contributed by atoms with Crippen LogP contribution in [0.3, 0.4) is 0 Å². The van der Waals surface area contributed by atoms with E-state index in [9.17, 15) is 18.4 Å². The average molecular weight is 415 g/mol. The van der Waals surface area contributed by atoms with Crippen LogP contribution in [-0.4, -0.2) is 23.9 Å². The Bertz CT molecular complexity index is 487. The monoisotopic (exact) mass is 414 g/mol. The second kappa shape index (κ2) is 17.2. The smallest absolute Gasteiger partial charge is 0.279 e. The summed E-state index contributed by atoms with van der Waals surface area (Å²) in [7, 11) is 0. The highest BCUT2D eigenvalue weighted by atomic mass is 19.1. The SMILES string of the molecule is CCCCCCC=C(F)C(=O)NC(C)CC(C)NC(=O)C(F)=CCCCCCC. The van der Waals surface area contributed by atoms with Crippen molar-refractivity contribution in [2.24, 2.45) is 0 Å². The Morgan fingerprint density at radius 3 is 1.45 bits per heavy atom. The summed E-state index contributed by atoms with van der Waals surface area (Å²) in [6, 6.07) is -0.698. The van der Waals surface area contributed by atoms with Gasteiger partial charge < -0.3 is 10.6 Å². The molecule has 0 heterocycles. The molecule has 0 fully saturated rings. The van der Waals surface area contributed by atoms with Crippen molar-refractivity contribution in [2.45, 2.75) is 110 Å². The fourth-order valence-corrected chi connectivity index (χ4v) is 3.02. The first-order valence-corrected chi connectivity index (χ1v) is 11.1. The van der Waals surface area contributed by atoms with Crippen molar-refractivity contribution in [2.75, 3.05) is 0 Å². The molecule has 0 rings (SSSR count). The van der Waals surface area contributed by atoms with Gasteiger partial charge in [-0.25, -0.2) is 8.78 Å². The number of rotatable bonds is 16. The molecule has 0 aromatic carbocycles. The molecule has 4 nitrogen and oxygen atoms in total. The van der Waals surface area contributed by atoms with Crippen molar-refractivity contribution in [1.82, 2.24) is 10.6 Å². The third-order valence-corrected chi connectivity index (χ3v) is 4.66. The molecule has 0 aliphatic heterocycles. The van der Waals surface area contributed by atoms with Crippen LogP contribution in [0.2, 0.25) is 0 Å². The lowest BCUT2D eigenvalue weighted by Gasteiger charge is -2.19. The van der Waals surface area contributed by atoms with E-state index in [1.54, 1.807) is 13.8 Å². The summed E-state index contributed by atoms with van der Waals surface area (Å²) in [4.78, 5) is 23.7. The van der Waals surface area contributed by atoms with Gasteiger partial charge >= 0.3 is 0 Å². The third kappa shape index (κ3) is 14.9. The minimum absolute atomic E-state index is 0.349. The molecular weight excluding hydrogens is 374 g/mol. The maximum Gasteiger partial charge on any atom is 0.279 e. The van der Waals surface area contributed by atoms with Crippen LogP contribution in [0.25, 0.3) is 0 Å². The quantitative estimate of drug-likeness (QED) is 0.239. The number of carbonyl (C=O) groups is 2. The lowest BCUT2D eigenvalue weighted by atomic mass is 10.1. The molecule has 0 saturated heterocycles. The van der Waals surface area contributed by atoms with E-state index >= 15 is 0 Å². The summed E-state index contributed by atoms with van der Waals surface area (Å²) < 4.78 is 27.7. The second-order valence-electron chi connectivity index (χ2n) is 7.79. The zero-order chi connectivity index (χ0) is 22.1. The number of allylic oxidation sites excluding steroid dienone is 2. The number of halogens is 2. The molecule has 0 saturated carbocycles. The van der Waals surface area contributed by atoms with E-state index < -0.39 is 23.5 Å². The van der Waals surface area contributed by atoms with Crippen LogP contribution in [0.15, 0.2) is 23.8 Å². The zero-order valence-corrected chi connectivity index (χ0v) is 18.7. The van der Waals surface area contributed by atoms with E-state index in [0.29, 0.717) is 19.3 Å². The molecule has 2 atom stereocenters. The molecule has 2 amide bonds. The normalized spacial score (nSPS) is 14.4. The van der Waals surface area contributed by atoms with E-state index in [2.05, 4.69) is 24.5 Å². The van der Waals surface area contributed by atoms with Crippen molar-refractivity contribution in [3.63, 3.8) is 0 Å². The van der Waals surface area contributed by atoms with Crippen molar-refractivity contribution >= 4 is 11.8 Å². The van der Waals surface area contributed by atoms with Crippen molar-refractivity contribution in [3.05, 3.63) is 23.8 Å². The second-order valence-corrected chi connectivity index (χ2v) is 7.79. The minimum atomic E-state index is -0.776. The molecule has 0 radical (unpaired) electrons. The van der Waals surface area contributed by atoms with E-state index in [0.717, 1.165) is 51.4 Å². The Morgan fingerprint density at radius 1 is 0.724 bits per heavy atom. The number of carbonyl (C=O) groups excluding carboxylic acids is 2. The van der Waals surface area contributed by atoms with E-state index in [4.69, 9.17) is 0 Å². The molecule has 0 aliphatic carbocycles. The molecular formula is C23H40F2N2O2. The minimum Gasteiger partial charge on any atom is -0.348 e. The largest absolute Gasteiger partial charge is 0.348 e. The topological polar surface area (TPSA) is 58.2 Å². The van der Waals surface area contributed by atoms with Crippen molar-refractivity contribution < 1.29 is 18.4 Å². The van der Waals surface area contributed by atoms with Crippen LogP contribution >= 0.6 is 0 Å². The number of amides is 2. The molecule has 29 heavy (non-hydrogen) atoms. The maximum absolute atomic E-state index is 13.8. The summed E-state index contributed by atoms with van der Waals surface area (Å²) in [5.74, 6) is -3.04. The lowest BCUT2D eigenvalue weighted by molar-refractivity contribution is -0.119. The molecule has 6 heteroatoms. The van der Waals surface area contributed by atoms with Gasteiger partial charge in [-0.15, -0.1) is 0 Å². The van der Waals surface area contributed by atoms with Crippen LogP contribution in [0, 0.1) is 0 Å². The zero-order valence-electron chi connectivity index (χ0n) is 18.7. The standard InChI is InChI=1S/C23H40F2N2O2/c1-5-7-9-11-13-15-20(24)22(28)26-18(3)17-19(4)27-23(29)21(25)16-14-12-10-8-6-2/h15-16,18-19H,5-14,17H2,1-4H3,(H,26,28)(H,27,29). The van der Waals surface area contributed by atoms with E-state index in [1.165, 1.54) is 12.2 Å². The number of unbranched alkanes of at least 4 members (excludes halogenated alkanes) is 8. The molecule has 2 N–H and O–H groups in total. The summed E-state index contributed by atoms with van der Waals surface area (Å²) in [6.07, 6.45) is 12.3. The highest BCUT2D eigenvalue weighted by Crippen LogP contribution is 2.09. The Hall–Kier alpha value is -1.72. The van der Waals surface area contributed by atoms with Crippen LogP contribution in [0.4, 0.5) is 8.78 Å². The van der Waals surface area contributed by atoms with Gasteiger partial charge in [0, 0.05) is 12.1 Å². The molecule has 0 spiro atoms. The van der Waals surface area contributed by atoms with Crippen molar-refractivity contribution in [3.8, 4) is 0 Å². The summed E-state index contributed by atoms with van der Waals surface area (Å²) in [5, 5.41) is 5.15. The third-order valence-electron chi connectivity index (χ3n) is 4.66. The molecule has 0 aliphatic rings. The van der Waals surface area contributed by atoms with Gasteiger partial charge in [0.15, 0.2) is 11.7 Å². The summed E-state index contributed by atoms with van der Waals surface area (Å²) in [5.41, 5.74) is 0. The van der Waals surface area contributed by atoms with Gasteiger partial charge in [-0.3, -0.25) is 9.59 Å². The molecule has 0 aromatic rings. The fraction of sp³-hybridized carbons (Fsp3) is 0.739. The Morgan fingerprint density at radius 2 is 1.10 bits per heavy atom. The van der Waals surface area contributed by atoms with Gasteiger partial charge in [0.1, 0.15) is 0 Å². The number of nitrogens with one attached hydrogen (secondary N) is 2. The molecule has 168 valence electrons. The number of hydrogen-bond acceptors (Lipinski definition) is 2. The first kappa shape index (κ1) is 27.3. The van der Waals surface area contributed by atoms with E-state index in [1.807, 2.05) is 0 Å².